The maximum absolute atomic E-state index is 11.0. The molecule has 1 aliphatic rings. The Bertz CT molecular complexity index is 651. The van der Waals surface area contributed by atoms with Crippen LogP contribution in [0.4, 0.5) is 0 Å². The largest absolute Gasteiger partial charge is 0.481 e. The first kappa shape index (κ1) is 13.8. The fourth-order valence-corrected chi connectivity index (χ4v) is 2.98. The molecule has 0 radical (unpaired) electrons. The van der Waals surface area contributed by atoms with E-state index in [9.17, 15) is 4.79 Å². The SMILES string of the molecule is O=C(O)Cc1ccccc1CN1CCc2ccccc2C1. The maximum atomic E-state index is 11.0. The van der Waals surface area contributed by atoms with Crippen molar-refractivity contribution in [1.29, 1.82) is 0 Å². The van der Waals surface area contributed by atoms with Crippen LogP contribution in [0.5, 0.6) is 0 Å². The molecule has 0 amide bonds. The van der Waals surface area contributed by atoms with Gasteiger partial charge in [0, 0.05) is 19.6 Å². The van der Waals surface area contributed by atoms with Crippen molar-refractivity contribution >= 4 is 5.97 Å². The molecule has 1 heterocycles. The summed E-state index contributed by atoms with van der Waals surface area (Å²) in [4.78, 5) is 13.4. The maximum Gasteiger partial charge on any atom is 0.307 e. The summed E-state index contributed by atoms with van der Waals surface area (Å²) in [5, 5.41) is 9.01. The van der Waals surface area contributed by atoms with Crippen molar-refractivity contribution in [1.82, 2.24) is 4.90 Å². The second kappa shape index (κ2) is 6.10. The summed E-state index contributed by atoms with van der Waals surface area (Å²) in [5.74, 6) is -0.772. The van der Waals surface area contributed by atoms with Crippen LogP contribution in [-0.2, 0) is 30.7 Å². The number of nitrogens with zero attached hydrogens (tertiary/aromatic N) is 1. The second-order valence-electron chi connectivity index (χ2n) is 5.57. The standard InChI is InChI=1S/C18H19NO2/c20-18(21)11-15-6-2-4-8-17(15)13-19-10-9-14-5-1-3-7-16(14)12-19/h1-8H,9-13H2,(H,20,21). The van der Waals surface area contributed by atoms with Gasteiger partial charge in [-0.25, -0.2) is 0 Å². The minimum absolute atomic E-state index is 0.0978. The number of carboxylic acids is 1. The van der Waals surface area contributed by atoms with E-state index in [1.807, 2.05) is 24.3 Å². The number of carboxylic acid groups (broad SMARTS) is 1. The fraction of sp³-hybridized carbons (Fsp3) is 0.278. The Morgan fingerprint density at radius 1 is 1.00 bits per heavy atom. The van der Waals surface area contributed by atoms with Gasteiger partial charge in [-0.3, -0.25) is 9.69 Å². The van der Waals surface area contributed by atoms with Gasteiger partial charge in [-0.2, -0.15) is 0 Å². The van der Waals surface area contributed by atoms with E-state index in [0.717, 1.165) is 37.2 Å². The molecule has 2 aromatic carbocycles. The van der Waals surface area contributed by atoms with E-state index in [4.69, 9.17) is 5.11 Å². The van der Waals surface area contributed by atoms with E-state index in [1.165, 1.54) is 11.1 Å². The summed E-state index contributed by atoms with van der Waals surface area (Å²) >= 11 is 0. The highest BCUT2D eigenvalue weighted by atomic mass is 16.4. The fourth-order valence-electron chi connectivity index (χ4n) is 2.98. The first-order chi connectivity index (χ1) is 10.2. The van der Waals surface area contributed by atoms with Crippen molar-refractivity contribution in [3.8, 4) is 0 Å². The lowest BCUT2D eigenvalue weighted by atomic mass is 9.98. The molecule has 0 spiro atoms. The highest BCUT2D eigenvalue weighted by Crippen LogP contribution is 2.21. The van der Waals surface area contributed by atoms with Gasteiger partial charge in [0.1, 0.15) is 0 Å². The number of fused-ring (bicyclic) bond motifs is 1. The number of aliphatic carboxylic acids is 1. The Labute approximate surface area is 124 Å². The summed E-state index contributed by atoms with van der Waals surface area (Å²) in [6.45, 7) is 2.79. The molecule has 0 saturated heterocycles. The van der Waals surface area contributed by atoms with Crippen molar-refractivity contribution in [2.24, 2.45) is 0 Å². The van der Waals surface area contributed by atoms with Crippen LogP contribution in [-0.4, -0.2) is 22.5 Å². The van der Waals surface area contributed by atoms with Crippen molar-refractivity contribution in [2.75, 3.05) is 6.54 Å². The lowest BCUT2D eigenvalue weighted by Crippen LogP contribution is -2.30. The molecule has 2 aromatic rings. The Kier molecular flexibility index (Phi) is 4.02. The number of hydrogen-bond acceptors (Lipinski definition) is 2. The van der Waals surface area contributed by atoms with Gasteiger partial charge in [0.05, 0.1) is 6.42 Å². The average Bonchev–Trinajstić information content (AvgIpc) is 2.49. The highest BCUT2D eigenvalue weighted by Gasteiger charge is 2.17. The zero-order valence-electron chi connectivity index (χ0n) is 12.0. The number of carbonyl (C=O) groups is 1. The van der Waals surface area contributed by atoms with Gasteiger partial charge in [-0.1, -0.05) is 48.5 Å². The van der Waals surface area contributed by atoms with Crippen LogP contribution in [0.3, 0.4) is 0 Å². The summed E-state index contributed by atoms with van der Waals surface area (Å²) in [6, 6.07) is 16.4. The molecule has 1 N–H and O–H groups in total. The third-order valence-electron chi connectivity index (χ3n) is 4.06. The summed E-state index contributed by atoms with van der Waals surface area (Å²) < 4.78 is 0. The van der Waals surface area contributed by atoms with E-state index in [0.29, 0.717) is 0 Å². The van der Waals surface area contributed by atoms with Crippen LogP contribution in [0.1, 0.15) is 22.3 Å². The van der Waals surface area contributed by atoms with Gasteiger partial charge in [0.2, 0.25) is 0 Å². The smallest absolute Gasteiger partial charge is 0.307 e. The van der Waals surface area contributed by atoms with Gasteiger partial charge < -0.3 is 5.11 Å². The predicted molar refractivity (Wildman–Crippen MR) is 82.0 cm³/mol. The Morgan fingerprint density at radius 2 is 1.67 bits per heavy atom. The normalized spacial score (nSPS) is 14.7. The molecule has 0 unspecified atom stereocenters. The Hall–Kier alpha value is -2.13. The van der Waals surface area contributed by atoms with Gasteiger partial charge in [0.25, 0.3) is 0 Å². The summed E-state index contributed by atoms with van der Waals surface area (Å²) in [5.41, 5.74) is 4.87. The van der Waals surface area contributed by atoms with Crippen molar-refractivity contribution in [3.05, 3.63) is 70.8 Å². The molecule has 108 valence electrons. The van der Waals surface area contributed by atoms with Gasteiger partial charge in [-0.15, -0.1) is 0 Å². The lowest BCUT2D eigenvalue weighted by molar-refractivity contribution is -0.136. The van der Waals surface area contributed by atoms with Gasteiger partial charge in [0.15, 0.2) is 0 Å². The van der Waals surface area contributed by atoms with Crippen molar-refractivity contribution in [2.45, 2.75) is 25.9 Å². The molecular weight excluding hydrogens is 262 g/mol. The molecule has 0 bridgehead atoms. The van der Waals surface area contributed by atoms with Crippen molar-refractivity contribution in [3.63, 3.8) is 0 Å². The van der Waals surface area contributed by atoms with Crippen LogP contribution < -0.4 is 0 Å². The molecule has 1 aliphatic heterocycles. The molecule has 21 heavy (non-hydrogen) atoms. The molecule has 0 aromatic heterocycles. The first-order valence-electron chi connectivity index (χ1n) is 7.30. The quantitative estimate of drug-likeness (QED) is 0.937. The molecule has 0 saturated carbocycles. The number of rotatable bonds is 4. The van der Waals surface area contributed by atoms with E-state index in [2.05, 4.69) is 29.2 Å². The molecule has 0 atom stereocenters. The van der Waals surface area contributed by atoms with Gasteiger partial charge >= 0.3 is 5.97 Å². The molecule has 3 rings (SSSR count). The topological polar surface area (TPSA) is 40.5 Å². The van der Waals surface area contributed by atoms with E-state index < -0.39 is 5.97 Å². The predicted octanol–water partition coefficient (Wildman–Crippen LogP) is 2.87. The van der Waals surface area contributed by atoms with Crippen LogP contribution >= 0.6 is 0 Å². The summed E-state index contributed by atoms with van der Waals surface area (Å²) in [6.07, 6.45) is 1.16. The zero-order chi connectivity index (χ0) is 14.7. The van der Waals surface area contributed by atoms with Gasteiger partial charge in [-0.05, 0) is 28.7 Å². The van der Waals surface area contributed by atoms with Crippen molar-refractivity contribution < 1.29 is 9.90 Å². The molecule has 0 aliphatic carbocycles. The monoisotopic (exact) mass is 281 g/mol. The average molecular weight is 281 g/mol. The van der Waals surface area contributed by atoms with Crippen LogP contribution in [0.25, 0.3) is 0 Å². The van der Waals surface area contributed by atoms with Crippen LogP contribution in [0, 0.1) is 0 Å². The zero-order valence-corrected chi connectivity index (χ0v) is 12.0. The Balaban J connectivity index is 1.75. The van der Waals surface area contributed by atoms with Crippen LogP contribution in [0.2, 0.25) is 0 Å². The van der Waals surface area contributed by atoms with E-state index in [1.54, 1.807) is 0 Å². The lowest BCUT2D eigenvalue weighted by Gasteiger charge is -2.29. The van der Waals surface area contributed by atoms with E-state index in [-0.39, 0.29) is 6.42 Å². The minimum atomic E-state index is -0.772. The second-order valence-corrected chi connectivity index (χ2v) is 5.57. The summed E-state index contributed by atoms with van der Waals surface area (Å²) in [7, 11) is 0. The van der Waals surface area contributed by atoms with Crippen LogP contribution in [0.15, 0.2) is 48.5 Å². The third kappa shape index (κ3) is 3.31. The molecular formula is C18H19NO2. The number of hydrogen-bond donors (Lipinski definition) is 1. The minimum Gasteiger partial charge on any atom is -0.481 e. The number of benzene rings is 2. The molecule has 3 nitrogen and oxygen atoms in total. The first-order valence-corrected chi connectivity index (χ1v) is 7.30. The third-order valence-corrected chi connectivity index (χ3v) is 4.06. The Morgan fingerprint density at radius 3 is 2.43 bits per heavy atom. The molecule has 3 heteroatoms. The molecule has 0 fully saturated rings. The highest BCUT2D eigenvalue weighted by molar-refractivity contribution is 5.70. The van der Waals surface area contributed by atoms with E-state index >= 15 is 0 Å².